The third-order valence-electron chi connectivity index (χ3n) is 1.24. The minimum atomic E-state index is -3.91. The lowest BCUT2D eigenvalue weighted by Gasteiger charge is -2.01. The van der Waals surface area contributed by atoms with Crippen molar-refractivity contribution < 1.29 is 14.4 Å². The minimum absolute atomic E-state index is 0.352. The van der Waals surface area contributed by atoms with Crippen molar-refractivity contribution >= 4 is 18.2 Å². The minimum Gasteiger partial charge on any atom is -0.317 e. The first-order valence-corrected chi connectivity index (χ1v) is 6.52. The molecule has 0 aliphatic rings. The van der Waals surface area contributed by atoms with Gasteiger partial charge >= 0.3 is 6.80 Å². The molecule has 0 amide bonds. The van der Waals surface area contributed by atoms with Gasteiger partial charge in [0.2, 0.25) is 0 Å². The van der Waals surface area contributed by atoms with Gasteiger partial charge in [0, 0.05) is 5.75 Å². The van der Waals surface area contributed by atoms with Crippen LogP contribution in [-0.2, 0) is 10.3 Å². The molecule has 3 nitrogen and oxygen atoms in total. The van der Waals surface area contributed by atoms with Gasteiger partial charge < -0.3 is 9.79 Å². The molecule has 0 aliphatic heterocycles. The lowest BCUT2D eigenvalue weighted by Crippen LogP contribution is -1.78. The van der Waals surface area contributed by atoms with Gasteiger partial charge in [-0.2, -0.15) is 0 Å². The highest BCUT2D eigenvalue weighted by molar-refractivity contribution is 8.54. The molecule has 2 N–H and O–H groups in total. The van der Waals surface area contributed by atoms with E-state index in [-0.39, 0.29) is 0 Å². The summed E-state index contributed by atoms with van der Waals surface area (Å²) < 4.78 is 10.5. The van der Waals surface area contributed by atoms with E-state index in [0.717, 1.165) is 5.56 Å². The van der Waals surface area contributed by atoms with Crippen molar-refractivity contribution in [2.75, 3.05) is 0 Å². The van der Waals surface area contributed by atoms with Crippen LogP contribution in [0.1, 0.15) is 5.56 Å². The van der Waals surface area contributed by atoms with Crippen LogP contribution in [0.4, 0.5) is 0 Å². The van der Waals surface area contributed by atoms with E-state index in [9.17, 15) is 4.57 Å². The summed E-state index contributed by atoms with van der Waals surface area (Å²) in [5, 5.41) is 0. The largest absolute Gasteiger partial charge is 0.384 e. The van der Waals surface area contributed by atoms with E-state index in [0.29, 0.717) is 17.1 Å². The van der Waals surface area contributed by atoms with Crippen molar-refractivity contribution in [3.63, 3.8) is 0 Å². The molecule has 0 fully saturated rings. The van der Waals surface area contributed by atoms with Crippen LogP contribution in [0.2, 0.25) is 0 Å². The SMILES string of the molecule is O=P(O)(O)SCc1ccccc1. The van der Waals surface area contributed by atoms with Crippen LogP contribution in [0.25, 0.3) is 0 Å². The van der Waals surface area contributed by atoms with Gasteiger partial charge in [0.05, 0.1) is 0 Å². The molecule has 0 bridgehead atoms. The average molecular weight is 204 g/mol. The predicted molar refractivity (Wildman–Crippen MR) is 49.8 cm³/mol. The van der Waals surface area contributed by atoms with Gasteiger partial charge in [-0.05, 0) is 16.9 Å². The van der Waals surface area contributed by atoms with E-state index in [4.69, 9.17) is 9.79 Å². The summed E-state index contributed by atoms with van der Waals surface area (Å²) in [6, 6.07) is 9.22. The molecule has 0 aliphatic carbocycles. The van der Waals surface area contributed by atoms with Crippen LogP contribution in [0.5, 0.6) is 0 Å². The third-order valence-corrected chi connectivity index (χ3v) is 3.44. The highest BCUT2D eigenvalue weighted by Gasteiger charge is 2.12. The molecule has 1 aromatic carbocycles. The summed E-state index contributed by atoms with van der Waals surface area (Å²) in [5.74, 6) is 0.352. The highest BCUT2D eigenvalue weighted by Crippen LogP contribution is 2.51. The first kappa shape index (κ1) is 9.81. The summed E-state index contributed by atoms with van der Waals surface area (Å²) in [7, 11) is 0. The normalized spacial score (nSPS) is 11.5. The Balaban J connectivity index is 2.50. The Labute approximate surface area is 74.7 Å². The van der Waals surface area contributed by atoms with Gasteiger partial charge in [-0.25, -0.2) is 4.57 Å². The highest BCUT2D eigenvalue weighted by atomic mass is 32.7. The van der Waals surface area contributed by atoms with Crippen LogP contribution in [-0.4, -0.2) is 9.79 Å². The summed E-state index contributed by atoms with van der Waals surface area (Å²) in [6.45, 7) is -3.91. The Bertz CT molecular complexity index is 282. The molecular weight excluding hydrogens is 195 g/mol. The first-order valence-electron chi connectivity index (χ1n) is 3.32. The van der Waals surface area contributed by atoms with E-state index < -0.39 is 6.80 Å². The summed E-state index contributed by atoms with van der Waals surface area (Å²) in [5.41, 5.74) is 0.922. The fourth-order valence-corrected chi connectivity index (χ4v) is 2.19. The maximum Gasteiger partial charge on any atom is 0.384 e. The fraction of sp³-hybridized carbons (Fsp3) is 0.143. The maximum atomic E-state index is 10.5. The first-order chi connectivity index (χ1) is 5.58. The summed E-state index contributed by atoms with van der Waals surface area (Å²) >= 11 is 0.653. The van der Waals surface area contributed by atoms with Gasteiger partial charge in [-0.3, -0.25) is 0 Å². The molecule has 0 saturated carbocycles. The molecule has 0 spiro atoms. The van der Waals surface area contributed by atoms with Gasteiger partial charge in [0.15, 0.2) is 0 Å². The van der Waals surface area contributed by atoms with Crippen molar-refractivity contribution in [1.29, 1.82) is 0 Å². The topological polar surface area (TPSA) is 57.5 Å². The van der Waals surface area contributed by atoms with Crippen molar-refractivity contribution in [1.82, 2.24) is 0 Å². The Kier molecular flexibility index (Phi) is 3.35. The second kappa shape index (κ2) is 4.10. The maximum absolute atomic E-state index is 10.5. The molecule has 0 heterocycles. The Morgan fingerprint density at radius 1 is 1.25 bits per heavy atom. The van der Waals surface area contributed by atoms with Crippen LogP contribution < -0.4 is 0 Å². The van der Waals surface area contributed by atoms with Crippen molar-refractivity contribution in [3.8, 4) is 0 Å². The average Bonchev–Trinajstić information content (AvgIpc) is 2.02. The van der Waals surface area contributed by atoms with E-state index in [1.165, 1.54) is 0 Å². The molecule has 0 radical (unpaired) electrons. The van der Waals surface area contributed by atoms with Crippen molar-refractivity contribution in [3.05, 3.63) is 35.9 Å². The quantitative estimate of drug-likeness (QED) is 0.739. The van der Waals surface area contributed by atoms with E-state index in [1.54, 1.807) is 0 Å². The molecule has 1 rings (SSSR count). The molecule has 0 atom stereocenters. The molecule has 12 heavy (non-hydrogen) atoms. The second-order valence-electron chi connectivity index (χ2n) is 2.25. The second-order valence-corrected chi connectivity index (χ2v) is 5.98. The zero-order valence-electron chi connectivity index (χ0n) is 6.25. The zero-order chi connectivity index (χ0) is 9.03. The zero-order valence-corrected chi connectivity index (χ0v) is 7.96. The molecule has 0 unspecified atom stereocenters. The van der Waals surface area contributed by atoms with Gasteiger partial charge in [-0.1, -0.05) is 30.3 Å². The lowest BCUT2D eigenvalue weighted by atomic mass is 10.2. The Morgan fingerprint density at radius 2 is 1.83 bits per heavy atom. The number of hydrogen-bond donors (Lipinski definition) is 2. The van der Waals surface area contributed by atoms with Gasteiger partial charge in [0.25, 0.3) is 0 Å². The van der Waals surface area contributed by atoms with Crippen LogP contribution in [0.15, 0.2) is 30.3 Å². The summed E-state index contributed by atoms with van der Waals surface area (Å²) in [4.78, 5) is 17.1. The Morgan fingerprint density at radius 3 is 2.33 bits per heavy atom. The number of benzene rings is 1. The molecule has 0 saturated heterocycles. The molecule has 5 heteroatoms. The fourth-order valence-electron chi connectivity index (χ4n) is 0.733. The van der Waals surface area contributed by atoms with Crippen LogP contribution >= 0.6 is 18.2 Å². The Hall–Kier alpha value is -0.280. The molecule has 0 aromatic heterocycles. The number of rotatable bonds is 3. The van der Waals surface area contributed by atoms with Crippen molar-refractivity contribution in [2.45, 2.75) is 5.75 Å². The standard InChI is InChI=1S/C7H9O3PS/c8-11(9,10)12-6-7-4-2-1-3-5-7/h1-5H,6H2,(H2,8,9,10). The molecular formula is C7H9O3PS. The molecule has 1 aromatic rings. The number of hydrogen-bond acceptors (Lipinski definition) is 2. The molecule has 66 valence electrons. The van der Waals surface area contributed by atoms with E-state index >= 15 is 0 Å². The third kappa shape index (κ3) is 3.93. The van der Waals surface area contributed by atoms with Gasteiger partial charge in [-0.15, -0.1) is 0 Å². The lowest BCUT2D eigenvalue weighted by molar-refractivity contribution is 0.397. The van der Waals surface area contributed by atoms with Gasteiger partial charge in [0.1, 0.15) is 0 Å². The predicted octanol–water partition coefficient (Wildman–Crippen LogP) is 2.01. The van der Waals surface area contributed by atoms with E-state index in [1.807, 2.05) is 30.3 Å². The smallest absolute Gasteiger partial charge is 0.317 e. The van der Waals surface area contributed by atoms with Crippen molar-refractivity contribution in [2.24, 2.45) is 0 Å². The van der Waals surface area contributed by atoms with Crippen LogP contribution in [0.3, 0.4) is 0 Å². The van der Waals surface area contributed by atoms with E-state index in [2.05, 4.69) is 0 Å². The summed E-state index contributed by atoms with van der Waals surface area (Å²) in [6.07, 6.45) is 0. The monoisotopic (exact) mass is 204 g/mol. The van der Waals surface area contributed by atoms with Crippen LogP contribution in [0, 0.1) is 0 Å².